The fourth-order valence-electron chi connectivity index (χ4n) is 2.84. The van der Waals surface area contributed by atoms with Gasteiger partial charge in [0, 0.05) is 31.3 Å². The molecule has 0 radical (unpaired) electrons. The van der Waals surface area contributed by atoms with Crippen molar-refractivity contribution in [1.82, 2.24) is 9.88 Å². The smallest absolute Gasteiger partial charge is 0.273 e. The zero-order valence-electron chi connectivity index (χ0n) is 11.3. The molecule has 1 unspecified atom stereocenters. The Balaban J connectivity index is 1.92. The van der Waals surface area contributed by atoms with Gasteiger partial charge in [-0.2, -0.15) is 0 Å². The zero-order chi connectivity index (χ0) is 13.9. The highest BCUT2D eigenvalue weighted by Gasteiger charge is 2.25. The van der Waals surface area contributed by atoms with Crippen molar-refractivity contribution in [2.24, 2.45) is 5.92 Å². The largest absolute Gasteiger partial charge is 0.396 e. The van der Waals surface area contributed by atoms with E-state index >= 15 is 0 Å². The standard InChI is InChI=1S/C16H18N2O2/c19-11-12-4-3-9-18(10-12)16(20)15-14-6-2-1-5-13(14)7-8-17-15/h1-2,5-8,12,19H,3-4,9-11H2. The van der Waals surface area contributed by atoms with E-state index in [0.29, 0.717) is 12.2 Å². The molecule has 3 rings (SSSR count). The van der Waals surface area contributed by atoms with E-state index in [1.807, 2.05) is 35.2 Å². The maximum Gasteiger partial charge on any atom is 0.273 e. The molecule has 1 amide bonds. The van der Waals surface area contributed by atoms with Gasteiger partial charge in [-0.05, 0) is 30.2 Å². The Morgan fingerprint density at radius 2 is 2.20 bits per heavy atom. The van der Waals surface area contributed by atoms with Gasteiger partial charge in [0.25, 0.3) is 5.91 Å². The fraction of sp³-hybridized carbons (Fsp3) is 0.375. The highest BCUT2D eigenvalue weighted by molar-refractivity contribution is 6.05. The Bertz CT molecular complexity index is 621. The molecule has 2 aromatic rings. The van der Waals surface area contributed by atoms with Gasteiger partial charge >= 0.3 is 0 Å². The van der Waals surface area contributed by atoms with E-state index in [9.17, 15) is 9.90 Å². The molecular weight excluding hydrogens is 252 g/mol. The third kappa shape index (κ3) is 2.39. The van der Waals surface area contributed by atoms with E-state index in [2.05, 4.69) is 4.98 Å². The summed E-state index contributed by atoms with van der Waals surface area (Å²) < 4.78 is 0. The van der Waals surface area contributed by atoms with Gasteiger partial charge in [0.05, 0.1) is 0 Å². The van der Waals surface area contributed by atoms with Crippen molar-refractivity contribution < 1.29 is 9.90 Å². The van der Waals surface area contributed by atoms with E-state index in [1.165, 1.54) is 0 Å². The molecule has 1 atom stereocenters. The molecule has 1 N–H and O–H groups in total. The molecule has 1 aromatic carbocycles. The lowest BCUT2D eigenvalue weighted by molar-refractivity contribution is 0.0617. The number of amides is 1. The number of benzene rings is 1. The molecule has 0 spiro atoms. The third-order valence-corrected chi connectivity index (χ3v) is 3.94. The fourth-order valence-corrected chi connectivity index (χ4v) is 2.84. The molecule has 1 aliphatic rings. The minimum Gasteiger partial charge on any atom is -0.396 e. The summed E-state index contributed by atoms with van der Waals surface area (Å²) in [5.74, 6) is 0.169. The van der Waals surface area contributed by atoms with Gasteiger partial charge in [0.15, 0.2) is 0 Å². The van der Waals surface area contributed by atoms with Crippen molar-refractivity contribution in [3.8, 4) is 0 Å². The van der Waals surface area contributed by atoms with Gasteiger partial charge in [0.2, 0.25) is 0 Å². The van der Waals surface area contributed by atoms with E-state index in [4.69, 9.17) is 0 Å². The van der Waals surface area contributed by atoms with Gasteiger partial charge in [-0.15, -0.1) is 0 Å². The van der Waals surface area contributed by atoms with Crippen LogP contribution in [0.4, 0.5) is 0 Å². The number of likely N-dealkylation sites (tertiary alicyclic amines) is 1. The first kappa shape index (κ1) is 13.1. The van der Waals surface area contributed by atoms with E-state index < -0.39 is 0 Å². The summed E-state index contributed by atoms with van der Waals surface area (Å²) >= 11 is 0. The second kappa shape index (κ2) is 5.59. The van der Waals surface area contributed by atoms with Crippen LogP contribution in [0, 0.1) is 5.92 Å². The Morgan fingerprint density at radius 1 is 1.35 bits per heavy atom. The number of rotatable bonds is 2. The van der Waals surface area contributed by atoms with Crippen LogP contribution in [-0.4, -0.2) is 40.6 Å². The van der Waals surface area contributed by atoms with Crippen molar-refractivity contribution in [3.05, 3.63) is 42.2 Å². The quantitative estimate of drug-likeness (QED) is 0.909. The van der Waals surface area contributed by atoms with Crippen LogP contribution in [0.2, 0.25) is 0 Å². The van der Waals surface area contributed by atoms with Gasteiger partial charge < -0.3 is 10.0 Å². The lowest BCUT2D eigenvalue weighted by Crippen LogP contribution is -2.41. The highest BCUT2D eigenvalue weighted by Crippen LogP contribution is 2.21. The minimum atomic E-state index is -0.0278. The topological polar surface area (TPSA) is 53.4 Å². The van der Waals surface area contributed by atoms with E-state index in [-0.39, 0.29) is 18.4 Å². The number of piperidine rings is 1. The SMILES string of the molecule is O=C(c1nccc2ccccc12)N1CCCC(CO)C1. The molecule has 104 valence electrons. The average Bonchev–Trinajstić information content (AvgIpc) is 2.53. The van der Waals surface area contributed by atoms with Crippen molar-refractivity contribution in [3.63, 3.8) is 0 Å². The molecule has 1 saturated heterocycles. The van der Waals surface area contributed by atoms with Crippen LogP contribution in [-0.2, 0) is 0 Å². The number of aromatic nitrogens is 1. The molecule has 4 heteroatoms. The Morgan fingerprint density at radius 3 is 3.05 bits per heavy atom. The number of carbonyl (C=O) groups excluding carboxylic acids is 1. The molecule has 1 aliphatic heterocycles. The second-order valence-electron chi connectivity index (χ2n) is 5.32. The van der Waals surface area contributed by atoms with E-state index in [0.717, 1.165) is 30.2 Å². The Kier molecular flexibility index (Phi) is 3.65. The van der Waals surface area contributed by atoms with Crippen LogP contribution in [0.5, 0.6) is 0 Å². The van der Waals surface area contributed by atoms with E-state index in [1.54, 1.807) is 6.20 Å². The number of fused-ring (bicyclic) bond motifs is 1. The predicted octanol–water partition coefficient (Wildman–Crippen LogP) is 2.08. The average molecular weight is 270 g/mol. The number of aliphatic hydroxyl groups is 1. The summed E-state index contributed by atoms with van der Waals surface area (Å²) in [7, 11) is 0. The van der Waals surface area contributed by atoms with Crippen LogP contribution >= 0.6 is 0 Å². The molecule has 2 heterocycles. The molecule has 1 fully saturated rings. The van der Waals surface area contributed by atoms with Crippen LogP contribution < -0.4 is 0 Å². The van der Waals surface area contributed by atoms with Crippen LogP contribution in [0.1, 0.15) is 23.3 Å². The van der Waals surface area contributed by atoms with Gasteiger partial charge in [-0.3, -0.25) is 9.78 Å². The summed E-state index contributed by atoms with van der Waals surface area (Å²) in [6.45, 7) is 1.52. The van der Waals surface area contributed by atoms with Crippen molar-refractivity contribution >= 4 is 16.7 Å². The molecular formula is C16H18N2O2. The van der Waals surface area contributed by atoms with Gasteiger partial charge in [-0.1, -0.05) is 24.3 Å². The summed E-state index contributed by atoms with van der Waals surface area (Å²) in [6, 6.07) is 9.72. The number of pyridine rings is 1. The van der Waals surface area contributed by atoms with Crippen molar-refractivity contribution in [1.29, 1.82) is 0 Å². The lowest BCUT2D eigenvalue weighted by Gasteiger charge is -2.31. The van der Waals surface area contributed by atoms with Crippen molar-refractivity contribution in [2.45, 2.75) is 12.8 Å². The predicted molar refractivity (Wildman–Crippen MR) is 77.5 cm³/mol. The van der Waals surface area contributed by atoms with Gasteiger partial charge in [0.1, 0.15) is 5.69 Å². The Labute approximate surface area is 118 Å². The maximum atomic E-state index is 12.7. The molecule has 20 heavy (non-hydrogen) atoms. The third-order valence-electron chi connectivity index (χ3n) is 3.94. The summed E-state index contributed by atoms with van der Waals surface area (Å²) in [4.78, 5) is 18.8. The number of aliphatic hydroxyl groups excluding tert-OH is 1. The summed E-state index contributed by atoms with van der Waals surface area (Å²) in [5.41, 5.74) is 0.515. The number of hydrogen-bond acceptors (Lipinski definition) is 3. The Hall–Kier alpha value is -1.94. The molecule has 0 bridgehead atoms. The highest BCUT2D eigenvalue weighted by atomic mass is 16.3. The summed E-state index contributed by atoms with van der Waals surface area (Å²) in [6.07, 6.45) is 3.62. The molecule has 1 aromatic heterocycles. The van der Waals surface area contributed by atoms with Crippen LogP contribution in [0.3, 0.4) is 0 Å². The first-order chi connectivity index (χ1) is 9.79. The first-order valence-corrected chi connectivity index (χ1v) is 7.03. The monoisotopic (exact) mass is 270 g/mol. The van der Waals surface area contributed by atoms with Crippen LogP contribution in [0.25, 0.3) is 10.8 Å². The minimum absolute atomic E-state index is 0.0278. The lowest BCUT2D eigenvalue weighted by atomic mass is 9.98. The second-order valence-corrected chi connectivity index (χ2v) is 5.32. The molecule has 0 aliphatic carbocycles. The number of carbonyl (C=O) groups is 1. The normalized spacial score (nSPS) is 19.2. The van der Waals surface area contributed by atoms with Crippen molar-refractivity contribution in [2.75, 3.05) is 19.7 Å². The zero-order valence-corrected chi connectivity index (χ0v) is 11.3. The number of hydrogen-bond donors (Lipinski definition) is 1. The molecule has 0 saturated carbocycles. The van der Waals surface area contributed by atoms with Gasteiger partial charge in [-0.25, -0.2) is 0 Å². The van der Waals surface area contributed by atoms with Crippen LogP contribution in [0.15, 0.2) is 36.5 Å². The number of nitrogens with zero attached hydrogens (tertiary/aromatic N) is 2. The maximum absolute atomic E-state index is 12.7. The molecule has 4 nitrogen and oxygen atoms in total. The first-order valence-electron chi connectivity index (χ1n) is 7.03. The summed E-state index contributed by atoms with van der Waals surface area (Å²) in [5, 5.41) is 11.2.